The number of allylic oxidation sites excluding steroid dienone is 1. The highest BCUT2D eigenvalue weighted by molar-refractivity contribution is 5.97. The van der Waals surface area contributed by atoms with Crippen LogP contribution >= 0.6 is 0 Å². The molecule has 1 aliphatic carbocycles. The topological polar surface area (TPSA) is 71.7 Å². The summed E-state index contributed by atoms with van der Waals surface area (Å²) in [6.45, 7) is 2.43. The first kappa shape index (κ1) is 8.71. The fourth-order valence-electron chi connectivity index (χ4n) is 0.995. The van der Waals surface area contributed by atoms with Gasteiger partial charge in [-0.2, -0.15) is 4.79 Å². The van der Waals surface area contributed by atoms with Crippen molar-refractivity contribution in [3.05, 3.63) is 29.5 Å². The first-order valence-corrected chi connectivity index (χ1v) is 3.77. The lowest BCUT2D eigenvalue weighted by molar-refractivity contribution is -0.0216. The Balaban J connectivity index is 2.82. The molecule has 2 N–H and O–H groups in total. The number of nitrogens with two attached hydrogens (primary N) is 1. The van der Waals surface area contributed by atoms with Crippen LogP contribution in [0.15, 0.2) is 23.9 Å². The van der Waals surface area contributed by atoms with E-state index >= 15 is 0 Å². The molecular weight excluding hydrogens is 154 g/mol. The summed E-state index contributed by atoms with van der Waals surface area (Å²) in [6, 6.07) is 0. The van der Waals surface area contributed by atoms with Crippen molar-refractivity contribution in [2.45, 2.75) is 13.0 Å². The van der Waals surface area contributed by atoms with E-state index in [0.29, 0.717) is 18.0 Å². The predicted octanol–water partition coefficient (Wildman–Crippen LogP) is 0.475. The summed E-state index contributed by atoms with van der Waals surface area (Å²) in [5.41, 5.74) is 15.2. The Hall–Kier alpha value is -1.38. The quantitative estimate of drug-likeness (QED) is 0.477. The SMILES string of the molecule is CCOC1C=C(N)C=CC1=[N+]=[N-]. The summed E-state index contributed by atoms with van der Waals surface area (Å²) in [4.78, 5) is 3.09. The summed E-state index contributed by atoms with van der Waals surface area (Å²) in [7, 11) is 0. The van der Waals surface area contributed by atoms with E-state index in [2.05, 4.69) is 4.79 Å². The summed E-state index contributed by atoms with van der Waals surface area (Å²) < 4.78 is 5.26. The van der Waals surface area contributed by atoms with Crippen molar-refractivity contribution in [2.75, 3.05) is 6.61 Å². The molecular formula is C8H11N3O. The fraction of sp³-hybridized carbons (Fsp3) is 0.375. The zero-order valence-corrected chi connectivity index (χ0v) is 6.90. The van der Waals surface area contributed by atoms with Crippen LogP contribution in [0.3, 0.4) is 0 Å². The van der Waals surface area contributed by atoms with Crippen LogP contribution < -0.4 is 5.73 Å². The van der Waals surface area contributed by atoms with Crippen LogP contribution in [0, 0.1) is 0 Å². The van der Waals surface area contributed by atoms with E-state index in [1.807, 2.05) is 6.92 Å². The molecule has 0 aromatic heterocycles. The lowest BCUT2D eigenvalue weighted by Crippen LogP contribution is -2.25. The van der Waals surface area contributed by atoms with Crippen molar-refractivity contribution in [3.8, 4) is 0 Å². The van der Waals surface area contributed by atoms with Gasteiger partial charge in [-0.25, -0.2) is 0 Å². The highest BCUT2D eigenvalue weighted by atomic mass is 16.5. The van der Waals surface area contributed by atoms with Gasteiger partial charge >= 0.3 is 5.71 Å². The molecule has 0 fully saturated rings. The largest absolute Gasteiger partial charge is 0.399 e. The van der Waals surface area contributed by atoms with Gasteiger partial charge in [0, 0.05) is 18.4 Å². The average Bonchev–Trinajstić information content (AvgIpc) is 2.05. The number of nitrogens with zero attached hydrogens (tertiary/aromatic N) is 2. The minimum absolute atomic E-state index is 0.315. The second-order valence-electron chi connectivity index (χ2n) is 2.40. The van der Waals surface area contributed by atoms with Crippen molar-refractivity contribution in [1.29, 1.82) is 0 Å². The van der Waals surface area contributed by atoms with Crippen molar-refractivity contribution < 1.29 is 9.53 Å². The fourth-order valence-corrected chi connectivity index (χ4v) is 0.995. The summed E-state index contributed by atoms with van der Waals surface area (Å²) in [6.07, 6.45) is 4.70. The molecule has 0 aliphatic heterocycles. The molecule has 0 radical (unpaired) electrons. The summed E-state index contributed by atoms with van der Waals surface area (Å²) >= 11 is 0. The maximum atomic E-state index is 8.56. The lowest BCUT2D eigenvalue weighted by Gasteiger charge is -2.10. The molecule has 1 atom stereocenters. The Bertz CT molecular complexity index is 274. The minimum atomic E-state index is -0.315. The summed E-state index contributed by atoms with van der Waals surface area (Å²) in [5.74, 6) is 0. The molecule has 4 nitrogen and oxygen atoms in total. The second-order valence-corrected chi connectivity index (χ2v) is 2.40. The number of rotatable bonds is 2. The maximum Gasteiger partial charge on any atom is 0.324 e. The first-order valence-electron chi connectivity index (χ1n) is 3.77. The van der Waals surface area contributed by atoms with Crippen molar-refractivity contribution in [3.63, 3.8) is 0 Å². The second kappa shape index (κ2) is 3.85. The summed E-state index contributed by atoms with van der Waals surface area (Å²) in [5, 5.41) is 0. The maximum absolute atomic E-state index is 8.56. The van der Waals surface area contributed by atoms with E-state index in [-0.39, 0.29) is 6.10 Å². The van der Waals surface area contributed by atoms with E-state index < -0.39 is 0 Å². The van der Waals surface area contributed by atoms with Crippen LogP contribution in [0.2, 0.25) is 0 Å². The van der Waals surface area contributed by atoms with Crippen LogP contribution in [-0.4, -0.2) is 23.2 Å². The van der Waals surface area contributed by atoms with Crippen LogP contribution in [0.5, 0.6) is 0 Å². The molecule has 0 bridgehead atoms. The molecule has 0 aromatic carbocycles. The average molecular weight is 165 g/mol. The Morgan fingerprint density at radius 1 is 1.67 bits per heavy atom. The standard InChI is InChI=1S/C8H11N3O/c1-2-12-8-5-6(9)3-4-7(8)11-10/h3-5,8H,2,9H2,1H3. The van der Waals surface area contributed by atoms with Crippen LogP contribution in [0.4, 0.5) is 0 Å². The zero-order chi connectivity index (χ0) is 8.97. The van der Waals surface area contributed by atoms with Gasteiger partial charge < -0.3 is 16.0 Å². The highest BCUT2D eigenvalue weighted by Crippen LogP contribution is 2.06. The molecule has 0 heterocycles. The van der Waals surface area contributed by atoms with Gasteiger partial charge in [0.15, 0.2) is 6.10 Å². The van der Waals surface area contributed by atoms with Gasteiger partial charge in [-0.3, -0.25) is 0 Å². The molecule has 1 rings (SSSR count). The van der Waals surface area contributed by atoms with Gasteiger partial charge in [0.2, 0.25) is 0 Å². The number of hydrogen-bond donors (Lipinski definition) is 1. The Kier molecular flexibility index (Phi) is 2.80. The molecule has 1 aliphatic rings. The molecule has 0 saturated heterocycles. The van der Waals surface area contributed by atoms with Gasteiger partial charge in [0.25, 0.3) is 0 Å². The van der Waals surface area contributed by atoms with E-state index in [1.54, 1.807) is 18.2 Å². The molecule has 12 heavy (non-hydrogen) atoms. The third-order valence-corrected chi connectivity index (χ3v) is 1.54. The molecule has 0 spiro atoms. The van der Waals surface area contributed by atoms with Crippen LogP contribution in [-0.2, 0) is 4.74 Å². The molecule has 0 aromatic rings. The normalized spacial score (nSPS) is 21.9. The van der Waals surface area contributed by atoms with Gasteiger partial charge in [-0.1, -0.05) is 0 Å². The van der Waals surface area contributed by atoms with Crippen LogP contribution in [0.25, 0.3) is 5.53 Å². The molecule has 0 amide bonds. The number of hydrogen-bond acceptors (Lipinski definition) is 2. The zero-order valence-electron chi connectivity index (χ0n) is 6.90. The minimum Gasteiger partial charge on any atom is -0.399 e. The number of ether oxygens (including phenoxy) is 1. The first-order chi connectivity index (χ1) is 5.77. The van der Waals surface area contributed by atoms with Gasteiger partial charge in [0.1, 0.15) is 0 Å². The van der Waals surface area contributed by atoms with Crippen molar-refractivity contribution in [2.24, 2.45) is 5.73 Å². The predicted molar refractivity (Wildman–Crippen MR) is 45.5 cm³/mol. The van der Waals surface area contributed by atoms with Crippen molar-refractivity contribution >= 4 is 5.71 Å². The highest BCUT2D eigenvalue weighted by Gasteiger charge is 2.21. The van der Waals surface area contributed by atoms with Gasteiger partial charge in [0.05, 0.1) is 0 Å². The van der Waals surface area contributed by atoms with E-state index in [4.69, 9.17) is 16.0 Å². The third kappa shape index (κ3) is 1.81. The van der Waals surface area contributed by atoms with Gasteiger partial charge in [-0.15, -0.1) is 0 Å². The van der Waals surface area contributed by atoms with Crippen molar-refractivity contribution in [1.82, 2.24) is 0 Å². The molecule has 0 saturated carbocycles. The van der Waals surface area contributed by atoms with Crippen LogP contribution in [0.1, 0.15) is 6.92 Å². The van der Waals surface area contributed by atoms with E-state index in [9.17, 15) is 0 Å². The monoisotopic (exact) mass is 165 g/mol. The lowest BCUT2D eigenvalue weighted by atomic mass is 10.1. The Morgan fingerprint density at radius 3 is 3.00 bits per heavy atom. The van der Waals surface area contributed by atoms with E-state index in [1.165, 1.54) is 0 Å². The Morgan fingerprint density at radius 2 is 2.42 bits per heavy atom. The molecule has 1 unspecified atom stereocenters. The van der Waals surface area contributed by atoms with Gasteiger partial charge in [-0.05, 0) is 19.1 Å². The Labute approximate surface area is 70.9 Å². The van der Waals surface area contributed by atoms with E-state index in [0.717, 1.165) is 0 Å². The molecule has 64 valence electrons. The molecule has 4 heteroatoms. The smallest absolute Gasteiger partial charge is 0.324 e. The third-order valence-electron chi connectivity index (χ3n) is 1.54.